The fraction of sp³-hybridized carbons (Fsp3) is 0.471. The minimum Gasteiger partial charge on any atom is -0.395 e. The molecule has 1 amide bonds. The number of hydrogen-bond acceptors (Lipinski definition) is 3. The fourth-order valence-corrected chi connectivity index (χ4v) is 1.90. The predicted molar refractivity (Wildman–Crippen MR) is 84.1 cm³/mol. The maximum absolute atomic E-state index is 11.8. The van der Waals surface area contributed by atoms with Gasteiger partial charge in [-0.1, -0.05) is 18.8 Å². The monoisotopic (exact) mass is 289 g/mol. The first kappa shape index (κ1) is 17.2. The topological polar surface area (TPSA) is 58.6 Å². The highest BCUT2D eigenvalue weighted by atomic mass is 16.5. The number of rotatable bonds is 7. The van der Waals surface area contributed by atoms with Crippen LogP contribution >= 0.6 is 0 Å². The molecule has 0 saturated heterocycles. The number of nitrogens with one attached hydrogen (secondary N) is 1. The zero-order valence-corrected chi connectivity index (χ0v) is 12.7. The summed E-state index contributed by atoms with van der Waals surface area (Å²) in [4.78, 5) is 11.8. The van der Waals surface area contributed by atoms with Gasteiger partial charge >= 0.3 is 0 Å². The standard InChI is InChI=1S/C17H23NO3/c1-3-15-13-14(7-4-5-11-19)9-10-16(15)18-17(20)8-6-12-21-2/h9-10,13,19H,3,5-6,8,11-12H2,1-2H3,(H,18,20). The van der Waals surface area contributed by atoms with E-state index in [1.807, 2.05) is 25.1 Å². The Morgan fingerprint density at radius 1 is 1.43 bits per heavy atom. The van der Waals surface area contributed by atoms with E-state index in [0.29, 0.717) is 25.9 Å². The van der Waals surface area contributed by atoms with Gasteiger partial charge in [0.25, 0.3) is 0 Å². The highest BCUT2D eigenvalue weighted by Crippen LogP contribution is 2.18. The number of aliphatic hydroxyl groups is 1. The molecule has 0 radical (unpaired) electrons. The summed E-state index contributed by atoms with van der Waals surface area (Å²) in [6, 6.07) is 5.75. The second-order valence-electron chi connectivity index (χ2n) is 4.65. The number of amides is 1. The highest BCUT2D eigenvalue weighted by molar-refractivity contribution is 5.91. The van der Waals surface area contributed by atoms with Gasteiger partial charge < -0.3 is 15.2 Å². The van der Waals surface area contributed by atoms with Crippen molar-refractivity contribution >= 4 is 11.6 Å². The molecule has 0 heterocycles. The summed E-state index contributed by atoms with van der Waals surface area (Å²) in [7, 11) is 1.63. The van der Waals surface area contributed by atoms with Crippen molar-refractivity contribution in [1.82, 2.24) is 0 Å². The fourth-order valence-electron chi connectivity index (χ4n) is 1.90. The summed E-state index contributed by atoms with van der Waals surface area (Å²) in [5.74, 6) is 5.90. The van der Waals surface area contributed by atoms with Gasteiger partial charge in [-0.2, -0.15) is 0 Å². The number of anilines is 1. The van der Waals surface area contributed by atoms with Crippen LogP contribution in [-0.4, -0.2) is 31.3 Å². The van der Waals surface area contributed by atoms with Gasteiger partial charge in [0.2, 0.25) is 5.91 Å². The summed E-state index contributed by atoms with van der Waals surface area (Å²) >= 11 is 0. The zero-order valence-electron chi connectivity index (χ0n) is 12.7. The van der Waals surface area contributed by atoms with Crippen molar-refractivity contribution < 1.29 is 14.6 Å². The number of benzene rings is 1. The average Bonchev–Trinajstić information content (AvgIpc) is 2.49. The van der Waals surface area contributed by atoms with E-state index in [4.69, 9.17) is 9.84 Å². The summed E-state index contributed by atoms with van der Waals surface area (Å²) in [5.41, 5.74) is 2.80. The van der Waals surface area contributed by atoms with Crippen LogP contribution < -0.4 is 5.32 Å². The Morgan fingerprint density at radius 2 is 2.24 bits per heavy atom. The first-order valence-corrected chi connectivity index (χ1v) is 7.22. The number of carbonyl (C=O) groups is 1. The van der Waals surface area contributed by atoms with Crippen LogP contribution in [0.5, 0.6) is 0 Å². The van der Waals surface area contributed by atoms with Crippen molar-refractivity contribution in [3.63, 3.8) is 0 Å². The second kappa shape index (κ2) is 9.98. The van der Waals surface area contributed by atoms with Gasteiger partial charge in [0.15, 0.2) is 0 Å². The first-order valence-electron chi connectivity index (χ1n) is 7.22. The van der Waals surface area contributed by atoms with Crippen molar-refractivity contribution in [3.05, 3.63) is 29.3 Å². The van der Waals surface area contributed by atoms with E-state index in [0.717, 1.165) is 23.2 Å². The maximum atomic E-state index is 11.8. The minimum atomic E-state index is 0.000801. The summed E-state index contributed by atoms with van der Waals surface area (Å²) in [5, 5.41) is 11.7. The Hall–Kier alpha value is -1.83. The molecular formula is C17H23NO3. The van der Waals surface area contributed by atoms with E-state index >= 15 is 0 Å². The predicted octanol–water partition coefficient (Wildman–Crippen LogP) is 2.35. The van der Waals surface area contributed by atoms with E-state index in [-0.39, 0.29) is 12.5 Å². The van der Waals surface area contributed by atoms with Gasteiger partial charge in [-0.05, 0) is 36.6 Å². The summed E-state index contributed by atoms with van der Waals surface area (Å²) in [6.45, 7) is 2.71. The van der Waals surface area contributed by atoms with E-state index in [2.05, 4.69) is 17.2 Å². The van der Waals surface area contributed by atoms with E-state index in [1.54, 1.807) is 7.11 Å². The van der Waals surface area contributed by atoms with Gasteiger partial charge in [-0.25, -0.2) is 0 Å². The molecule has 114 valence electrons. The molecule has 4 heteroatoms. The lowest BCUT2D eigenvalue weighted by atomic mass is 10.1. The van der Waals surface area contributed by atoms with Crippen molar-refractivity contribution in [1.29, 1.82) is 0 Å². The average molecular weight is 289 g/mol. The summed E-state index contributed by atoms with van der Waals surface area (Å²) < 4.78 is 4.94. The van der Waals surface area contributed by atoms with E-state index in [1.165, 1.54) is 0 Å². The molecule has 0 spiro atoms. The number of aliphatic hydroxyl groups excluding tert-OH is 1. The van der Waals surface area contributed by atoms with Crippen LogP contribution in [-0.2, 0) is 16.0 Å². The molecule has 1 aromatic carbocycles. The Kier molecular flexibility index (Phi) is 8.18. The molecule has 1 rings (SSSR count). The molecule has 0 aliphatic rings. The molecule has 0 fully saturated rings. The third kappa shape index (κ3) is 6.44. The van der Waals surface area contributed by atoms with Gasteiger partial charge in [-0.15, -0.1) is 0 Å². The Labute approximate surface area is 126 Å². The van der Waals surface area contributed by atoms with Crippen LogP contribution in [0.4, 0.5) is 5.69 Å². The van der Waals surface area contributed by atoms with Gasteiger partial charge in [-0.3, -0.25) is 4.79 Å². The smallest absolute Gasteiger partial charge is 0.224 e. The van der Waals surface area contributed by atoms with E-state index in [9.17, 15) is 4.79 Å². The molecule has 0 saturated carbocycles. The summed E-state index contributed by atoms with van der Waals surface area (Å²) in [6.07, 6.45) is 2.46. The van der Waals surface area contributed by atoms with Crippen molar-refractivity contribution in [2.45, 2.75) is 32.6 Å². The molecular weight excluding hydrogens is 266 g/mol. The molecule has 0 unspecified atom stereocenters. The third-order valence-electron chi connectivity index (χ3n) is 2.98. The number of methoxy groups -OCH3 is 1. The third-order valence-corrected chi connectivity index (χ3v) is 2.98. The molecule has 0 atom stereocenters. The lowest BCUT2D eigenvalue weighted by molar-refractivity contribution is -0.116. The molecule has 0 bridgehead atoms. The highest BCUT2D eigenvalue weighted by Gasteiger charge is 2.06. The minimum absolute atomic E-state index is 0.000801. The maximum Gasteiger partial charge on any atom is 0.224 e. The van der Waals surface area contributed by atoms with Crippen LogP contribution in [0.1, 0.15) is 37.3 Å². The van der Waals surface area contributed by atoms with Gasteiger partial charge in [0, 0.05) is 37.8 Å². The second-order valence-corrected chi connectivity index (χ2v) is 4.65. The molecule has 21 heavy (non-hydrogen) atoms. The Bertz CT molecular complexity index is 515. The van der Waals surface area contributed by atoms with Gasteiger partial charge in [0.1, 0.15) is 0 Å². The van der Waals surface area contributed by atoms with Crippen LogP contribution in [0.3, 0.4) is 0 Å². The number of carbonyl (C=O) groups excluding carboxylic acids is 1. The van der Waals surface area contributed by atoms with Crippen molar-refractivity contribution in [3.8, 4) is 11.8 Å². The Balaban J connectivity index is 2.70. The van der Waals surface area contributed by atoms with Crippen LogP contribution in [0.25, 0.3) is 0 Å². The zero-order chi connectivity index (χ0) is 15.5. The number of hydrogen-bond donors (Lipinski definition) is 2. The van der Waals surface area contributed by atoms with Crippen LogP contribution in [0, 0.1) is 11.8 Å². The van der Waals surface area contributed by atoms with Crippen molar-refractivity contribution in [2.75, 3.05) is 25.6 Å². The molecule has 1 aromatic rings. The Morgan fingerprint density at radius 3 is 2.90 bits per heavy atom. The lowest BCUT2D eigenvalue weighted by Gasteiger charge is -2.10. The first-order chi connectivity index (χ1) is 10.2. The molecule has 0 aliphatic carbocycles. The molecule has 4 nitrogen and oxygen atoms in total. The van der Waals surface area contributed by atoms with Crippen LogP contribution in [0.2, 0.25) is 0 Å². The SMILES string of the molecule is CCc1cc(C#CCCO)ccc1NC(=O)CCCOC. The van der Waals surface area contributed by atoms with Crippen molar-refractivity contribution in [2.24, 2.45) is 0 Å². The lowest BCUT2D eigenvalue weighted by Crippen LogP contribution is -2.13. The molecule has 0 aliphatic heterocycles. The quantitative estimate of drug-likeness (QED) is 0.598. The molecule has 0 aromatic heterocycles. The van der Waals surface area contributed by atoms with Crippen LogP contribution in [0.15, 0.2) is 18.2 Å². The number of aryl methyl sites for hydroxylation is 1. The normalized spacial score (nSPS) is 9.86. The largest absolute Gasteiger partial charge is 0.395 e. The van der Waals surface area contributed by atoms with Gasteiger partial charge in [0.05, 0.1) is 6.61 Å². The number of ether oxygens (including phenoxy) is 1. The van der Waals surface area contributed by atoms with E-state index < -0.39 is 0 Å². The molecule has 2 N–H and O–H groups in total.